The summed E-state index contributed by atoms with van der Waals surface area (Å²) in [5.74, 6) is 0.872. The first kappa shape index (κ1) is 16.1. The number of sulfonamides is 1. The van der Waals surface area contributed by atoms with Crippen molar-refractivity contribution in [2.75, 3.05) is 37.8 Å². The standard InChI is InChI=1S/C15H21N3O4S/c1-11-9-12-10-13(3-4-14(12)22-11)16-15(19)17-5-7-18(8-6-17)23(2,20)21/h3-4,10-11H,5-9H2,1-2H3,(H,16,19)/t11-/m1/s1. The molecule has 2 aliphatic heterocycles. The van der Waals surface area contributed by atoms with Gasteiger partial charge in [0.15, 0.2) is 0 Å². The molecular formula is C15H21N3O4S. The Morgan fingerprint density at radius 1 is 1.26 bits per heavy atom. The van der Waals surface area contributed by atoms with E-state index in [2.05, 4.69) is 5.32 Å². The lowest BCUT2D eigenvalue weighted by molar-refractivity contribution is 0.184. The van der Waals surface area contributed by atoms with E-state index < -0.39 is 10.0 Å². The summed E-state index contributed by atoms with van der Waals surface area (Å²) < 4.78 is 30.0. The average Bonchev–Trinajstić information content (AvgIpc) is 2.86. The number of urea groups is 1. The van der Waals surface area contributed by atoms with Gasteiger partial charge in [-0.3, -0.25) is 0 Å². The Bertz CT molecular complexity index is 711. The first-order valence-electron chi connectivity index (χ1n) is 7.63. The predicted molar refractivity (Wildman–Crippen MR) is 87.2 cm³/mol. The van der Waals surface area contributed by atoms with Gasteiger partial charge in [-0.25, -0.2) is 13.2 Å². The number of anilines is 1. The summed E-state index contributed by atoms with van der Waals surface area (Å²) in [6.07, 6.45) is 2.20. The fraction of sp³-hybridized carbons (Fsp3) is 0.533. The molecule has 3 rings (SSSR count). The molecule has 8 heteroatoms. The summed E-state index contributed by atoms with van der Waals surface area (Å²) in [5, 5.41) is 2.87. The highest BCUT2D eigenvalue weighted by atomic mass is 32.2. The fourth-order valence-corrected chi connectivity index (χ4v) is 3.75. The van der Waals surface area contributed by atoms with Crippen molar-refractivity contribution in [1.82, 2.24) is 9.21 Å². The molecular weight excluding hydrogens is 318 g/mol. The van der Waals surface area contributed by atoms with Crippen LogP contribution in [0.5, 0.6) is 5.75 Å². The van der Waals surface area contributed by atoms with Crippen LogP contribution in [0.3, 0.4) is 0 Å². The van der Waals surface area contributed by atoms with E-state index in [0.29, 0.717) is 26.2 Å². The molecule has 0 aliphatic carbocycles. The molecule has 1 fully saturated rings. The van der Waals surface area contributed by atoms with Crippen molar-refractivity contribution < 1.29 is 17.9 Å². The van der Waals surface area contributed by atoms with E-state index >= 15 is 0 Å². The molecule has 2 amide bonds. The molecule has 0 aromatic heterocycles. The summed E-state index contributed by atoms with van der Waals surface area (Å²) in [6, 6.07) is 5.42. The zero-order valence-corrected chi connectivity index (χ0v) is 14.1. The highest BCUT2D eigenvalue weighted by molar-refractivity contribution is 7.88. The van der Waals surface area contributed by atoms with Gasteiger partial charge in [0.1, 0.15) is 11.9 Å². The van der Waals surface area contributed by atoms with Crippen molar-refractivity contribution in [3.63, 3.8) is 0 Å². The van der Waals surface area contributed by atoms with Gasteiger partial charge in [-0.15, -0.1) is 0 Å². The Morgan fingerprint density at radius 3 is 2.61 bits per heavy atom. The van der Waals surface area contributed by atoms with Crippen LogP contribution in [-0.2, 0) is 16.4 Å². The highest BCUT2D eigenvalue weighted by Crippen LogP contribution is 2.31. The molecule has 0 saturated carbocycles. The first-order valence-corrected chi connectivity index (χ1v) is 9.48. The summed E-state index contributed by atoms with van der Waals surface area (Å²) in [7, 11) is -3.18. The Labute approximate surface area is 136 Å². The predicted octanol–water partition coefficient (Wildman–Crippen LogP) is 1.12. The van der Waals surface area contributed by atoms with E-state index in [9.17, 15) is 13.2 Å². The minimum absolute atomic E-state index is 0.167. The number of carbonyl (C=O) groups excluding carboxylic acids is 1. The van der Waals surface area contributed by atoms with Crippen LogP contribution in [0.25, 0.3) is 0 Å². The van der Waals surface area contributed by atoms with Crippen LogP contribution >= 0.6 is 0 Å². The van der Waals surface area contributed by atoms with Gasteiger partial charge in [0.2, 0.25) is 10.0 Å². The average molecular weight is 339 g/mol. The Hall–Kier alpha value is -1.80. The van der Waals surface area contributed by atoms with Crippen LogP contribution < -0.4 is 10.1 Å². The van der Waals surface area contributed by atoms with Crippen molar-refractivity contribution in [3.05, 3.63) is 23.8 Å². The number of rotatable bonds is 2. The van der Waals surface area contributed by atoms with Crippen LogP contribution in [0.1, 0.15) is 12.5 Å². The normalized spacial score (nSPS) is 21.7. The SMILES string of the molecule is C[C@@H]1Cc2cc(NC(=O)N3CCN(S(C)(=O)=O)CC3)ccc2O1. The summed E-state index contributed by atoms with van der Waals surface area (Å²) in [4.78, 5) is 13.9. The smallest absolute Gasteiger partial charge is 0.321 e. The Kier molecular flexibility index (Phi) is 4.20. The Balaban J connectivity index is 1.59. The summed E-state index contributed by atoms with van der Waals surface area (Å²) >= 11 is 0. The van der Waals surface area contributed by atoms with Crippen LogP contribution in [0, 0.1) is 0 Å². The lowest BCUT2D eigenvalue weighted by Crippen LogP contribution is -2.51. The number of nitrogens with zero attached hydrogens (tertiary/aromatic N) is 2. The van der Waals surface area contributed by atoms with Gasteiger partial charge >= 0.3 is 6.03 Å². The van der Waals surface area contributed by atoms with E-state index in [1.807, 2.05) is 25.1 Å². The molecule has 1 N–H and O–H groups in total. The highest BCUT2D eigenvalue weighted by Gasteiger charge is 2.26. The molecule has 0 radical (unpaired) electrons. The lowest BCUT2D eigenvalue weighted by Gasteiger charge is -2.33. The zero-order valence-electron chi connectivity index (χ0n) is 13.3. The third-order valence-electron chi connectivity index (χ3n) is 4.14. The molecule has 1 aromatic rings. The van der Waals surface area contributed by atoms with E-state index in [1.165, 1.54) is 10.6 Å². The van der Waals surface area contributed by atoms with Crippen molar-refractivity contribution in [3.8, 4) is 5.75 Å². The first-order chi connectivity index (χ1) is 10.8. The summed E-state index contributed by atoms with van der Waals surface area (Å²) in [6.45, 7) is 3.47. The molecule has 2 aliphatic rings. The van der Waals surface area contributed by atoms with E-state index in [0.717, 1.165) is 23.4 Å². The molecule has 1 saturated heterocycles. The minimum atomic E-state index is -3.18. The van der Waals surface area contributed by atoms with Crippen molar-refractivity contribution in [1.29, 1.82) is 0 Å². The second-order valence-electron chi connectivity index (χ2n) is 6.03. The zero-order chi connectivity index (χ0) is 16.6. The van der Waals surface area contributed by atoms with Crippen LogP contribution in [-0.4, -0.2) is 62.2 Å². The number of ether oxygens (including phenoxy) is 1. The monoisotopic (exact) mass is 339 g/mol. The molecule has 23 heavy (non-hydrogen) atoms. The number of benzene rings is 1. The lowest BCUT2D eigenvalue weighted by atomic mass is 10.1. The van der Waals surface area contributed by atoms with Gasteiger partial charge in [0.05, 0.1) is 6.26 Å². The minimum Gasteiger partial charge on any atom is -0.490 e. The van der Waals surface area contributed by atoms with Gasteiger partial charge in [0, 0.05) is 38.3 Å². The van der Waals surface area contributed by atoms with Crippen LogP contribution in [0.4, 0.5) is 10.5 Å². The summed E-state index contributed by atoms with van der Waals surface area (Å²) in [5.41, 5.74) is 1.83. The van der Waals surface area contributed by atoms with E-state index in [-0.39, 0.29) is 12.1 Å². The topological polar surface area (TPSA) is 79.0 Å². The van der Waals surface area contributed by atoms with Gasteiger partial charge in [-0.1, -0.05) is 0 Å². The molecule has 126 valence electrons. The van der Waals surface area contributed by atoms with Crippen molar-refractivity contribution >= 4 is 21.7 Å². The number of carbonyl (C=O) groups is 1. The number of amides is 2. The third-order valence-corrected chi connectivity index (χ3v) is 5.45. The molecule has 0 spiro atoms. The second-order valence-corrected chi connectivity index (χ2v) is 8.02. The van der Waals surface area contributed by atoms with Gasteiger partial charge in [0.25, 0.3) is 0 Å². The quantitative estimate of drug-likeness (QED) is 0.876. The number of hydrogen-bond acceptors (Lipinski definition) is 4. The van der Waals surface area contributed by atoms with Gasteiger partial charge in [-0.2, -0.15) is 4.31 Å². The Morgan fingerprint density at radius 2 is 1.96 bits per heavy atom. The van der Waals surface area contributed by atoms with E-state index in [4.69, 9.17) is 4.74 Å². The molecule has 1 aromatic carbocycles. The van der Waals surface area contributed by atoms with E-state index in [1.54, 1.807) is 4.90 Å². The van der Waals surface area contributed by atoms with Crippen LogP contribution in [0.2, 0.25) is 0 Å². The number of fused-ring (bicyclic) bond motifs is 1. The van der Waals surface area contributed by atoms with Gasteiger partial charge in [-0.05, 0) is 30.7 Å². The largest absolute Gasteiger partial charge is 0.490 e. The second kappa shape index (κ2) is 6.01. The fourth-order valence-electron chi connectivity index (χ4n) is 2.93. The van der Waals surface area contributed by atoms with Crippen molar-refractivity contribution in [2.45, 2.75) is 19.4 Å². The molecule has 1 atom stereocenters. The molecule has 0 bridgehead atoms. The molecule has 0 unspecified atom stereocenters. The number of nitrogens with one attached hydrogen (secondary N) is 1. The maximum absolute atomic E-state index is 12.3. The number of hydrogen-bond donors (Lipinski definition) is 1. The maximum Gasteiger partial charge on any atom is 0.321 e. The van der Waals surface area contributed by atoms with Gasteiger partial charge < -0.3 is 15.0 Å². The molecule has 7 nitrogen and oxygen atoms in total. The van der Waals surface area contributed by atoms with Crippen molar-refractivity contribution in [2.24, 2.45) is 0 Å². The third kappa shape index (κ3) is 3.59. The maximum atomic E-state index is 12.3. The number of piperazine rings is 1. The van der Waals surface area contributed by atoms with Crippen LogP contribution in [0.15, 0.2) is 18.2 Å². The molecule has 2 heterocycles.